The van der Waals surface area contributed by atoms with Gasteiger partial charge < -0.3 is 16.8 Å². The molecule has 6 heteroatoms. The topological polar surface area (TPSA) is 98.2 Å². The summed E-state index contributed by atoms with van der Waals surface area (Å²) in [5.41, 5.74) is 11.0. The number of halogens is 1. The molecule has 2 rings (SSSR count). The van der Waals surface area contributed by atoms with E-state index in [2.05, 4.69) is 5.32 Å². The average molecular weight is 248 g/mol. The second-order valence-electron chi connectivity index (χ2n) is 4.62. The third-order valence-corrected chi connectivity index (χ3v) is 3.72. The highest BCUT2D eigenvalue weighted by molar-refractivity contribution is 5.86. The van der Waals surface area contributed by atoms with Gasteiger partial charge in [-0.05, 0) is 31.1 Å². The number of primary amides is 1. The fourth-order valence-corrected chi connectivity index (χ4v) is 3.02. The molecule has 0 aromatic rings. The number of carbonyl (C=O) groups excluding carboxylic acids is 2. The Hall–Kier alpha value is -0.810. The van der Waals surface area contributed by atoms with Gasteiger partial charge in [-0.1, -0.05) is 0 Å². The Kier molecular flexibility index (Phi) is 4.15. The highest BCUT2D eigenvalue weighted by Gasteiger charge is 2.48. The quantitative estimate of drug-likeness (QED) is 0.620. The first-order chi connectivity index (χ1) is 7.09. The minimum atomic E-state index is -0.514. The Labute approximate surface area is 101 Å². The van der Waals surface area contributed by atoms with E-state index in [0.29, 0.717) is 11.8 Å². The average Bonchev–Trinajstić information content (AvgIpc) is 2.74. The van der Waals surface area contributed by atoms with Gasteiger partial charge in [-0.15, -0.1) is 12.4 Å². The maximum atomic E-state index is 11.8. The van der Waals surface area contributed by atoms with E-state index in [4.69, 9.17) is 11.5 Å². The normalized spacial score (nSPS) is 35.6. The molecule has 0 saturated heterocycles. The fraction of sp³-hybridized carbons (Fsp3) is 0.800. The smallest absolute Gasteiger partial charge is 0.236 e. The van der Waals surface area contributed by atoms with Crippen molar-refractivity contribution >= 4 is 24.2 Å². The predicted molar refractivity (Wildman–Crippen MR) is 61.7 cm³/mol. The minimum absolute atomic E-state index is 0. The predicted octanol–water partition coefficient (Wildman–Crippen LogP) is -0.617. The molecule has 2 aliphatic rings. The summed E-state index contributed by atoms with van der Waals surface area (Å²) >= 11 is 0. The number of amides is 2. The van der Waals surface area contributed by atoms with Gasteiger partial charge in [0.15, 0.2) is 0 Å². The van der Waals surface area contributed by atoms with Crippen molar-refractivity contribution in [2.24, 2.45) is 29.2 Å². The number of rotatable bonds is 3. The van der Waals surface area contributed by atoms with Gasteiger partial charge in [-0.3, -0.25) is 9.59 Å². The molecular formula is C10H18ClN3O2. The van der Waals surface area contributed by atoms with Crippen molar-refractivity contribution in [1.29, 1.82) is 0 Å². The zero-order chi connectivity index (χ0) is 11.0. The van der Waals surface area contributed by atoms with Gasteiger partial charge >= 0.3 is 0 Å². The van der Waals surface area contributed by atoms with Crippen molar-refractivity contribution < 1.29 is 9.59 Å². The van der Waals surface area contributed by atoms with Gasteiger partial charge in [-0.25, -0.2) is 0 Å². The number of hydrogen-bond acceptors (Lipinski definition) is 3. The number of nitrogens with one attached hydrogen (secondary N) is 1. The van der Waals surface area contributed by atoms with Gasteiger partial charge in [0, 0.05) is 6.04 Å². The monoisotopic (exact) mass is 247 g/mol. The van der Waals surface area contributed by atoms with E-state index in [0.717, 1.165) is 19.3 Å². The molecule has 0 aliphatic heterocycles. The van der Waals surface area contributed by atoms with Crippen LogP contribution in [0, 0.1) is 17.8 Å². The van der Waals surface area contributed by atoms with Crippen LogP contribution < -0.4 is 16.8 Å². The van der Waals surface area contributed by atoms with E-state index >= 15 is 0 Å². The van der Waals surface area contributed by atoms with Crippen molar-refractivity contribution in [3.63, 3.8) is 0 Å². The molecule has 0 aromatic heterocycles. The van der Waals surface area contributed by atoms with Crippen molar-refractivity contribution in [3.8, 4) is 0 Å². The Morgan fingerprint density at radius 2 is 1.88 bits per heavy atom. The van der Waals surface area contributed by atoms with E-state index in [1.807, 2.05) is 0 Å². The largest absolute Gasteiger partial charge is 0.368 e. The fourth-order valence-electron chi connectivity index (χ4n) is 3.02. The van der Waals surface area contributed by atoms with Crippen molar-refractivity contribution in [2.45, 2.75) is 25.3 Å². The first-order valence-electron chi connectivity index (χ1n) is 5.41. The number of hydrogen-bond donors (Lipinski definition) is 3. The second kappa shape index (κ2) is 5.01. The van der Waals surface area contributed by atoms with E-state index in [9.17, 15) is 9.59 Å². The summed E-state index contributed by atoms with van der Waals surface area (Å²) in [6.07, 6.45) is 3.30. The molecule has 0 spiro atoms. The van der Waals surface area contributed by atoms with Crippen LogP contribution in [0.15, 0.2) is 0 Å². The standard InChI is InChI=1S/C10H17N3O2.ClH/c11-7(14)4-13-10(15)8-5-1-2-6(3-5)9(8)12;/h5-6,8-9H,1-4,12H2,(H2,11,14)(H,13,15);1H. The van der Waals surface area contributed by atoms with Crippen LogP contribution in [0.3, 0.4) is 0 Å². The zero-order valence-corrected chi connectivity index (χ0v) is 9.83. The maximum Gasteiger partial charge on any atom is 0.236 e. The van der Waals surface area contributed by atoms with Gasteiger partial charge in [-0.2, -0.15) is 0 Å². The van der Waals surface area contributed by atoms with E-state index < -0.39 is 5.91 Å². The summed E-state index contributed by atoms with van der Waals surface area (Å²) < 4.78 is 0. The summed E-state index contributed by atoms with van der Waals surface area (Å²) in [4.78, 5) is 22.3. The molecule has 2 amide bonds. The molecule has 92 valence electrons. The second-order valence-corrected chi connectivity index (χ2v) is 4.62. The highest BCUT2D eigenvalue weighted by Crippen LogP contribution is 2.47. The van der Waals surface area contributed by atoms with Gasteiger partial charge in [0.2, 0.25) is 11.8 Å². The molecule has 5 nitrogen and oxygen atoms in total. The van der Waals surface area contributed by atoms with Crippen LogP contribution in [-0.4, -0.2) is 24.4 Å². The molecule has 4 atom stereocenters. The van der Waals surface area contributed by atoms with Gasteiger partial charge in [0.05, 0.1) is 12.5 Å². The molecule has 2 saturated carbocycles. The van der Waals surface area contributed by atoms with Crippen LogP contribution in [0.1, 0.15) is 19.3 Å². The van der Waals surface area contributed by atoms with Crippen LogP contribution in [-0.2, 0) is 9.59 Å². The molecule has 2 fully saturated rings. The summed E-state index contributed by atoms with van der Waals surface area (Å²) in [5, 5.41) is 2.55. The lowest BCUT2D eigenvalue weighted by Crippen LogP contribution is -2.47. The summed E-state index contributed by atoms with van der Waals surface area (Å²) in [7, 11) is 0. The first-order valence-corrected chi connectivity index (χ1v) is 5.41. The lowest BCUT2D eigenvalue weighted by Gasteiger charge is -2.26. The van der Waals surface area contributed by atoms with Crippen LogP contribution in [0.5, 0.6) is 0 Å². The molecule has 0 radical (unpaired) electrons. The van der Waals surface area contributed by atoms with E-state index in [1.54, 1.807) is 0 Å². The Bertz CT molecular complexity index is 296. The number of nitrogens with two attached hydrogens (primary N) is 2. The van der Waals surface area contributed by atoms with Crippen molar-refractivity contribution in [1.82, 2.24) is 5.32 Å². The zero-order valence-electron chi connectivity index (χ0n) is 9.02. The molecule has 2 bridgehead atoms. The summed E-state index contributed by atoms with van der Waals surface area (Å²) in [6.45, 7) is -0.0839. The molecule has 5 N–H and O–H groups in total. The van der Waals surface area contributed by atoms with Crippen LogP contribution in [0.2, 0.25) is 0 Å². The maximum absolute atomic E-state index is 11.8. The Morgan fingerprint density at radius 1 is 1.25 bits per heavy atom. The Balaban J connectivity index is 0.00000128. The Morgan fingerprint density at radius 3 is 2.38 bits per heavy atom. The summed E-state index contributed by atoms with van der Waals surface area (Å²) in [5.74, 6) is 0.189. The molecular weight excluding hydrogens is 230 g/mol. The highest BCUT2D eigenvalue weighted by atomic mass is 35.5. The molecule has 2 aliphatic carbocycles. The van der Waals surface area contributed by atoms with E-state index in [-0.39, 0.29) is 36.8 Å². The SMILES string of the molecule is Cl.NC(=O)CNC(=O)C1C2CCC(C2)C1N. The van der Waals surface area contributed by atoms with Crippen LogP contribution in [0.25, 0.3) is 0 Å². The van der Waals surface area contributed by atoms with Crippen molar-refractivity contribution in [2.75, 3.05) is 6.54 Å². The minimum Gasteiger partial charge on any atom is -0.368 e. The lowest BCUT2D eigenvalue weighted by atomic mass is 9.84. The number of carbonyl (C=O) groups is 2. The molecule has 16 heavy (non-hydrogen) atoms. The third kappa shape index (κ3) is 2.30. The molecule has 0 heterocycles. The van der Waals surface area contributed by atoms with Crippen molar-refractivity contribution in [3.05, 3.63) is 0 Å². The molecule has 0 aromatic carbocycles. The van der Waals surface area contributed by atoms with Crippen LogP contribution >= 0.6 is 12.4 Å². The van der Waals surface area contributed by atoms with Gasteiger partial charge in [0.25, 0.3) is 0 Å². The third-order valence-electron chi connectivity index (χ3n) is 3.72. The summed E-state index contributed by atoms with van der Waals surface area (Å²) in [6, 6.07) is -0.0309. The van der Waals surface area contributed by atoms with Crippen LogP contribution in [0.4, 0.5) is 0 Å². The molecule has 4 unspecified atom stereocenters. The number of fused-ring (bicyclic) bond motifs is 2. The van der Waals surface area contributed by atoms with E-state index in [1.165, 1.54) is 0 Å². The lowest BCUT2D eigenvalue weighted by molar-refractivity contribution is -0.129. The van der Waals surface area contributed by atoms with Gasteiger partial charge in [0.1, 0.15) is 0 Å². The first kappa shape index (κ1) is 13.3.